The van der Waals surface area contributed by atoms with E-state index in [2.05, 4.69) is 38.9 Å². The van der Waals surface area contributed by atoms with Gasteiger partial charge in [-0.2, -0.15) is 0 Å². The zero-order chi connectivity index (χ0) is 9.97. The second kappa shape index (κ2) is 4.40. The Balaban J connectivity index is 2.09. The van der Waals surface area contributed by atoms with E-state index in [0.29, 0.717) is 6.04 Å². The molecule has 1 saturated heterocycles. The van der Waals surface area contributed by atoms with Gasteiger partial charge in [0.15, 0.2) is 0 Å². The monoisotopic (exact) mass is 256 g/mol. The van der Waals surface area contributed by atoms with E-state index in [1.165, 1.54) is 5.56 Å². The van der Waals surface area contributed by atoms with Crippen LogP contribution in [0.25, 0.3) is 0 Å². The molecule has 14 heavy (non-hydrogen) atoms. The van der Waals surface area contributed by atoms with Crippen molar-refractivity contribution < 1.29 is 5.11 Å². The summed E-state index contributed by atoms with van der Waals surface area (Å²) in [4.78, 5) is 0. The van der Waals surface area contributed by atoms with Gasteiger partial charge in [-0.3, -0.25) is 5.43 Å². The Bertz CT molecular complexity index is 319. The molecule has 1 aromatic carbocycles. The van der Waals surface area contributed by atoms with Crippen molar-refractivity contribution in [3.05, 3.63) is 34.3 Å². The predicted molar refractivity (Wildman–Crippen MR) is 58.6 cm³/mol. The summed E-state index contributed by atoms with van der Waals surface area (Å²) in [5.41, 5.74) is 7.47. The third kappa shape index (κ3) is 2.15. The van der Waals surface area contributed by atoms with Gasteiger partial charge in [0.2, 0.25) is 0 Å². The number of nitrogens with one attached hydrogen (secondary N) is 2. The van der Waals surface area contributed by atoms with Crippen LogP contribution in [-0.4, -0.2) is 17.8 Å². The van der Waals surface area contributed by atoms with Crippen molar-refractivity contribution in [3.8, 4) is 0 Å². The van der Waals surface area contributed by atoms with Crippen LogP contribution in [0.5, 0.6) is 0 Å². The van der Waals surface area contributed by atoms with Gasteiger partial charge in [-0.1, -0.05) is 28.1 Å². The number of hydrazine groups is 1. The lowest BCUT2D eigenvalue weighted by Crippen LogP contribution is -2.32. The number of benzene rings is 1. The molecule has 76 valence electrons. The minimum absolute atomic E-state index is 0.166. The quantitative estimate of drug-likeness (QED) is 0.749. The number of hydrogen-bond acceptors (Lipinski definition) is 3. The Kier molecular flexibility index (Phi) is 3.18. The van der Waals surface area contributed by atoms with Crippen LogP contribution in [0.1, 0.15) is 18.0 Å². The molecule has 0 saturated carbocycles. The maximum atomic E-state index is 8.97. The fraction of sp³-hybridized carbons (Fsp3) is 0.400. The van der Waals surface area contributed by atoms with Crippen molar-refractivity contribution in [2.75, 3.05) is 6.61 Å². The van der Waals surface area contributed by atoms with Crippen LogP contribution < -0.4 is 10.9 Å². The van der Waals surface area contributed by atoms with Crippen molar-refractivity contribution in [3.63, 3.8) is 0 Å². The minimum Gasteiger partial charge on any atom is -0.395 e. The Hall–Kier alpha value is -0.420. The average molecular weight is 257 g/mol. The van der Waals surface area contributed by atoms with Gasteiger partial charge in [-0.15, -0.1) is 0 Å². The maximum Gasteiger partial charge on any atom is 0.0598 e. The molecule has 0 aliphatic carbocycles. The highest BCUT2D eigenvalue weighted by Crippen LogP contribution is 2.24. The van der Waals surface area contributed by atoms with Crippen molar-refractivity contribution in [1.82, 2.24) is 10.9 Å². The summed E-state index contributed by atoms with van der Waals surface area (Å²) < 4.78 is 1.09. The van der Waals surface area contributed by atoms with E-state index in [0.717, 1.165) is 10.9 Å². The predicted octanol–water partition coefficient (Wildman–Crippen LogP) is 1.35. The first-order valence-corrected chi connectivity index (χ1v) is 5.46. The smallest absolute Gasteiger partial charge is 0.0598 e. The molecule has 1 fully saturated rings. The van der Waals surface area contributed by atoms with Crippen LogP contribution in [0, 0.1) is 0 Å². The number of rotatable bonds is 2. The molecule has 0 radical (unpaired) electrons. The highest BCUT2D eigenvalue weighted by Gasteiger charge is 2.23. The molecule has 0 aromatic heterocycles. The maximum absolute atomic E-state index is 8.97. The summed E-state index contributed by atoms with van der Waals surface area (Å²) in [6.07, 6.45) is 0.924. The summed E-state index contributed by atoms with van der Waals surface area (Å²) in [6.45, 7) is 0.178. The van der Waals surface area contributed by atoms with Crippen LogP contribution in [-0.2, 0) is 0 Å². The molecule has 3 N–H and O–H groups in total. The topological polar surface area (TPSA) is 44.3 Å². The third-order valence-corrected chi connectivity index (χ3v) is 2.95. The van der Waals surface area contributed by atoms with Gasteiger partial charge in [0.1, 0.15) is 0 Å². The SMILES string of the molecule is OCC1CC(c2cccc(Br)c2)NN1. The van der Waals surface area contributed by atoms with Gasteiger partial charge < -0.3 is 5.11 Å². The molecule has 0 bridgehead atoms. The van der Waals surface area contributed by atoms with Gasteiger partial charge in [0.25, 0.3) is 0 Å². The van der Waals surface area contributed by atoms with Crippen LogP contribution in [0.4, 0.5) is 0 Å². The summed E-state index contributed by atoms with van der Waals surface area (Å²) in [6, 6.07) is 8.68. The molecule has 2 unspecified atom stereocenters. The van der Waals surface area contributed by atoms with Crippen molar-refractivity contribution in [2.45, 2.75) is 18.5 Å². The van der Waals surface area contributed by atoms with Crippen LogP contribution in [0.15, 0.2) is 28.7 Å². The number of aliphatic hydroxyl groups is 1. The molecule has 4 heteroatoms. The Morgan fingerprint density at radius 1 is 1.43 bits per heavy atom. The van der Waals surface area contributed by atoms with Gasteiger partial charge in [0.05, 0.1) is 6.61 Å². The Labute approximate surface area is 91.6 Å². The van der Waals surface area contributed by atoms with E-state index in [9.17, 15) is 0 Å². The molecule has 1 aromatic rings. The lowest BCUT2D eigenvalue weighted by Gasteiger charge is -2.09. The van der Waals surface area contributed by atoms with Gasteiger partial charge >= 0.3 is 0 Å². The van der Waals surface area contributed by atoms with Crippen LogP contribution in [0.2, 0.25) is 0 Å². The van der Waals surface area contributed by atoms with Crippen LogP contribution in [0.3, 0.4) is 0 Å². The van der Waals surface area contributed by atoms with Crippen molar-refractivity contribution >= 4 is 15.9 Å². The number of halogens is 1. The Morgan fingerprint density at radius 3 is 2.93 bits per heavy atom. The van der Waals surface area contributed by atoms with E-state index in [1.54, 1.807) is 0 Å². The molecule has 2 rings (SSSR count). The molecule has 1 aliphatic rings. The highest BCUT2D eigenvalue weighted by atomic mass is 79.9. The van der Waals surface area contributed by atoms with E-state index in [1.807, 2.05) is 12.1 Å². The molecule has 2 atom stereocenters. The summed E-state index contributed by atoms with van der Waals surface area (Å²) in [5.74, 6) is 0. The van der Waals surface area contributed by atoms with E-state index in [4.69, 9.17) is 5.11 Å². The zero-order valence-corrected chi connectivity index (χ0v) is 9.29. The second-order valence-electron chi connectivity index (χ2n) is 3.51. The molecule has 0 spiro atoms. The lowest BCUT2D eigenvalue weighted by molar-refractivity contribution is 0.251. The largest absolute Gasteiger partial charge is 0.395 e. The summed E-state index contributed by atoms with van der Waals surface area (Å²) >= 11 is 3.44. The van der Waals surface area contributed by atoms with Gasteiger partial charge in [0, 0.05) is 16.6 Å². The van der Waals surface area contributed by atoms with Gasteiger partial charge in [-0.25, -0.2) is 5.43 Å². The fourth-order valence-electron chi connectivity index (χ4n) is 1.68. The molecule has 3 nitrogen and oxygen atoms in total. The second-order valence-corrected chi connectivity index (χ2v) is 4.43. The normalized spacial score (nSPS) is 26.7. The third-order valence-electron chi connectivity index (χ3n) is 2.45. The molecular formula is C10H13BrN2O. The summed E-state index contributed by atoms with van der Waals surface area (Å²) in [7, 11) is 0. The first-order chi connectivity index (χ1) is 6.79. The van der Waals surface area contributed by atoms with E-state index >= 15 is 0 Å². The minimum atomic E-state index is 0.166. The fourth-order valence-corrected chi connectivity index (χ4v) is 2.10. The molecule has 1 aliphatic heterocycles. The van der Waals surface area contributed by atoms with Crippen LogP contribution >= 0.6 is 15.9 Å². The average Bonchev–Trinajstić information content (AvgIpc) is 2.66. The number of hydrogen-bond donors (Lipinski definition) is 3. The highest BCUT2D eigenvalue weighted by molar-refractivity contribution is 9.10. The van der Waals surface area contributed by atoms with Gasteiger partial charge in [-0.05, 0) is 24.1 Å². The molecular weight excluding hydrogens is 244 g/mol. The number of aliphatic hydroxyl groups excluding tert-OH is 1. The van der Waals surface area contributed by atoms with Crippen molar-refractivity contribution in [2.24, 2.45) is 0 Å². The summed E-state index contributed by atoms with van der Waals surface area (Å²) in [5, 5.41) is 8.97. The lowest BCUT2D eigenvalue weighted by atomic mass is 10.0. The molecule has 0 amide bonds. The molecule has 1 heterocycles. The van der Waals surface area contributed by atoms with E-state index < -0.39 is 0 Å². The van der Waals surface area contributed by atoms with E-state index in [-0.39, 0.29) is 12.6 Å². The Morgan fingerprint density at radius 2 is 2.29 bits per heavy atom. The zero-order valence-electron chi connectivity index (χ0n) is 7.70. The first kappa shape index (κ1) is 10.1. The van der Waals surface area contributed by atoms with Crippen molar-refractivity contribution in [1.29, 1.82) is 0 Å². The standard InChI is InChI=1S/C10H13BrN2O/c11-8-3-1-2-7(4-8)10-5-9(6-14)12-13-10/h1-4,9-10,12-14H,5-6H2. The first-order valence-electron chi connectivity index (χ1n) is 4.67.